The minimum Gasteiger partial charge on any atom is -0.344 e. The molecule has 1 saturated heterocycles. The van der Waals surface area contributed by atoms with Crippen LogP contribution in [0.1, 0.15) is 37.4 Å². The fourth-order valence-corrected chi connectivity index (χ4v) is 5.16. The van der Waals surface area contributed by atoms with Crippen LogP contribution in [-0.2, 0) is 16.1 Å². The van der Waals surface area contributed by atoms with E-state index < -0.39 is 0 Å². The highest BCUT2D eigenvalue weighted by Crippen LogP contribution is 2.37. The molecule has 5 rings (SSSR count). The van der Waals surface area contributed by atoms with Crippen molar-refractivity contribution in [2.75, 3.05) is 20.1 Å². The summed E-state index contributed by atoms with van der Waals surface area (Å²) in [5.41, 5.74) is 4.27. The normalized spacial score (nSPS) is 19.1. The first kappa shape index (κ1) is 23.0. The second-order valence-electron chi connectivity index (χ2n) is 9.39. The number of carbonyl (C=O) groups excluding carboxylic acids is 2. The van der Waals surface area contributed by atoms with E-state index in [0.717, 1.165) is 48.2 Å². The lowest BCUT2D eigenvalue weighted by Gasteiger charge is -2.14. The van der Waals surface area contributed by atoms with E-state index in [0.29, 0.717) is 6.54 Å². The molecule has 1 aliphatic heterocycles. The Morgan fingerprint density at radius 2 is 1.82 bits per heavy atom. The summed E-state index contributed by atoms with van der Waals surface area (Å²) < 4.78 is 0. The van der Waals surface area contributed by atoms with Crippen molar-refractivity contribution in [1.82, 2.24) is 14.8 Å². The Labute approximate surface area is 196 Å². The molecule has 1 aromatic heterocycles. The van der Waals surface area contributed by atoms with Gasteiger partial charge in [0.1, 0.15) is 0 Å². The number of likely N-dealkylation sites (tertiary alicyclic amines) is 1. The van der Waals surface area contributed by atoms with Gasteiger partial charge in [-0.2, -0.15) is 0 Å². The number of pyridine rings is 1. The van der Waals surface area contributed by atoms with Crippen LogP contribution >= 0.6 is 0 Å². The van der Waals surface area contributed by atoms with Crippen molar-refractivity contribution in [2.45, 2.75) is 39.7 Å². The molecule has 5 heteroatoms. The van der Waals surface area contributed by atoms with Crippen molar-refractivity contribution in [3.05, 3.63) is 66.0 Å². The first-order chi connectivity index (χ1) is 16.0. The molecule has 0 bridgehead atoms. The van der Waals surface area contributed by atoms with Crippen LogP contribution in [0, 0.1) is 18.8 Å². The molecule has 2 heterocycles. The molecule has 172 valence electrons. The highest BCUT2D eigenvalue weighted by atomic mass is 16.2. The lowest BCUT2D eigenvalue weighted by Crippen LogP contribution is -2.26. The predicted molar refractivity (Wildman–Crippen MR) is 133 cm³/mol. The van der Waals surface area contributed by atoms with E-state index in [1.807, 2.05) is 24.1 Å². The van der Waals surface area contributed by atoms with Gasteiger partial charge in [-0.3, -0.25) is 14.6 Å². The zero-order chi connectivity index (χ0) is 23.4. The van der Waals surface area contributed by atoms with Crippen molar-refractivity contribution in [1.29, 1.82) is 0 Å². The number of hydrogen-bond acceptors (Lipinski definition) is 3. The summed E-state index contributed by atoms with van der Waals surface area (Å²) in [7, 11) is 1.77. The molecule has 0 radical (unpaired) electrons. The zero-order valence-corrected chi connectivity index (χ0v) is 19.8. The molecule has 2 atom stereocenters. The van der Waals surface area contributed by atoms with Gasteiger partial charge in [-0.1, -0.05) is 48.9 Å². The van der Waals surface area contributed by atoms with Crippen LogP contribution in [0.25, 0.3) is 21.9 Å². The Morgan fingerprint density at radius 1 is 1.12 bits per heavy atom. The molecule has 0 N–H and O–H groups in total. The Hall–Kier alpha value is -3.21. The summed E-state index contributed by atoms with van der Waals surface area (Å²) in [6, 6.07) is 16.8. The van der Waals surface area contributed by atoms with Crippen LogP contribution < -0.4 is 0 Å². The van der Waals surface area contributed by atoms with Crippen LogP contribution in [0.2, 0.25) is 0 Å². The Balaban J connectivity index is 0.000000196. The number of carbonyl (C=O) groups is 2. The number of aromatic nitrogens is 1. The monoisotopic (exact) mass is 443 g/mol. The molecule has 3 aromatic rings. The van der Waals surface area contributed by atoms with Crippen LogP contribution in [-0.4, -0.2) is 47.2 Å². The topological polar surface area (TPSA) is 53.5 Å². The van der Waals surface area contributed by atoms with Gasteiger partial charge < -0.3 is 9.80 Å². The van der Waals surface area contributed by atoms with E-state index in [-0.39, 0.29) is 5.91 Å². The number of fused-ring (bicyclic) bond motifs is 2. The second kappa shape index (κ2) is 10.2. The number of nitrogens with zero attached hydrogens (tertiary/aromatic N) is 3. The van der Waals surface area contributed by atoms with E-state index in [2.05, 4.69) is 47.4 Å². The zero-order valence-electron chi connectivity index (χ0n) is 19.8. The standard InChI is InChI=1S/C19H18N2O.C9H15NO/c1-14-17(12-21(2)13-22)10-16(11-20-14)19-9-5-7-15-6-3-4-8-18(15)19;1-7(11)10-5-8-3-2-4-9(8)6-10/h3-11,13H,12H2,1-2H3;8-9H,2-6H2,1H3. The molecular weight excluding hydrogens is 410 g/mol. The number of aryl methyl sites for hydroxylation is 1. The van der Waals surface area contributed by atoms with Gasteiger partial charge >= 0.3 is 0 Å². The third-order valence-corrected chi connectivity index (χ3v) is 7.06. The van der Waals surface area contributed by atoms with Gasteiger partial charge in [0.2, 0.25) is 12.3 Å². The van der Waals surface area contributed by atoms with Crippen molar-refractivity contribution >= 4 is 23.1 Å². The predicted octanol–water partition coefficient (Wildman–Crippen LogP) is 5.06. The highest BCUT2D eigenvalue weighted by Gasteiger charge is 2.36. The van der Waals surface area contributed by atoms with Crippen LogP contribution in [0.15, 0.2) is 54.7 Å². The van der Waals surface area contributed by atoms with E-state index in [1.165, 1.54) is 35.6 Å². The van der Waals surface area contributed by atoms with Gasteiger partial charge in [-0.05, 0) is 59.6 Å². The lowest BCUT2D eigenvalue weighted by molar-refractivity contribution is -0.128. The van der Waals surface area contributed by atoms with Crippen LogP contribution in [0.4, 0.5) is 0 Å². The molecular formula is C28H33N3O2. The smallest absolute Gasteiger partial charge is 0.219 e. The maximum atomic E-state index is 11.0. The maximum Gasteiger partial charge on any atom is 0.219 e. The Morgan fingerprint density at radius 3 is 2.52 bits per heavy atom. The summed E-state index contributed by atoms with van der Waals surface area (Å²) in [6.07, 6.45) is 6.84. The lowest BCUT2D eigenvalue weighted by atomic mass is 9.98. The first-order valence-electron chi connectivity index (χ1n) is 11.8. The van der Waals surface area contributed by atoms with Crippen molar-refractivity contribution < 1.29 is 9.59 Å². The minimum absolute atomic E-state index is 0.263. The molecule has 2 unspecified atom stereocenters. The summed E-state index contributed by atoms with van der Waals surface area (Å²) in [4.78, 5) is 30.0. The molecule has 1 saturated carbocycles. The third kappa shape index (κ3) is 5.24. The van der Waals surface area contributed by atoms with E-state index in [4.69, 9.17) is 0 Å². The van der Waals surface area contributed by atoms with Crippen molar-refractivity contribution in [3.63, 3.8) is 0 Å². The van der Waals surface area contributed by atoms with Crippen LogP contribution in [0.5, 0.6) is 0 Å². The van der Waals surface area contributed by atoms with Gasteiger partial charge in [0.25, 0.3) is 0 Å². The van der Waals surface area contributed by atoms with Gasteiger partial charge in [0, 0.05) is 51.1 Å². The summed E-state index contributed by atoms with van der Waals surface area (Å²) in [6.45, 7) is 6.31. The summed E-state index contributed by atoms with van der Waals surface area (Å²) in [5, 5.41) is 2.43. The van der Waals surface area contributed by atoms with Gasteiger partial charge in [0.15, 0.2) is 0 Å². The van der Waals surface area contributed by atoms with Gasteiger partial charge in [0.05, 0.1) is 0 Å². The van der Waals surface area contributed by atoms with E-state index in [1.54, 1.807) is 18.9 Å². The molecule has 2 aromatic carbocycles. The molecule has 0 spiro atoms. The maximum absolute atomic E-state index is 11.0. The fraction of sp³-hybridized carbons (Fsp3) is 0.393. The quantitative estimate of drug-likeness (QED) is 0.530. The number of hydrogen-bond donors (Lipinski definition) is 0. The van der Waals surface area contributed by atoms with Gasteiger partial charge in [-0.25, -0.2) is 0 Å². The number of rotatable bonds is 4. The number of benzene rings is 2. The highest BCUT2D eigenvalue weighted by molar-refractivity contribution is 5.96. The molecule has 1 aliphatic carbocycles. The van der Waals surface area contributed by atoms with E-state index >= 15 is 0 Å². The molecule has 2 amide bonds. The average Bonchev–Trinajstić information content (AvgIpc) is 3.43. The average molecular weight is 444 g/mol. The largest absolute Gasteiger partial charge is 0.344 e. The minimum atomic E-state index is 0.263. The SMILES string of the molecule is CC(=O)N1CC2CCCC2C1.Cc1ncc(-c2cccc3ccccc23)cc1CN(C)C=O. The number of amides is 2. The first-order valence-corrected chi connectivity index (χ1v) is 11.8. The van der Waals surface area contributed by atoms with Gasteiger partial charge in [-0.15, -0.1) is 0 Å². The Bertz CT molecular complexity index is 1130. The molecule has 33 heavy (non-hydrogen) atoms. The molecule has 2 fully saturated rings. The summed E-state index contributed by atoms with van der Waals surface area (Å²) >= 11 is 0. The molecule has 5 nitrogen and oxygen atoms in total. The summed E-state index contributed by atoms with van der Waals surface area (Å²) in [5.74, 6) is 1.96. The fourth-order valence-electron chi connectivity index (χ4n) is 5.16. The molecule has 2 aliphatic rings. The van der Waals surface area contributed by atoms with Crippen molar-refractivity contribution in [3.8, 4) is 11.1 Å². The second-order valence-corrected chi connectivity index (χ2v) is 9.39. The van der Waals surface area contributed by atoms with Crippen molar-refractivity contribution in [2.24, 2.45) is 11.8 Å². The Kier molecular flexibility index (Phi) is 7.07. The van der Waals surface area contributed by atoms with Crippen LogP contribution in [0.3, 0.4) is 0 Å². The third-order valence-electron chi connectivity index (χ3n) is 7.06. The van der Waals surface area contributed by atoms with E-state index in [9.17, 15) is 9.59 Å².